The molecule has 3 N–H and O–H groups in total. The van der Waals surface area contributed by atoms with E-state index in [1.807, 2.05) is 0 Å². The van der Waals surface area contributed by atoms with Crippen LogP contribution in [-0.4, -0.2) is 76.2 Å². The number of carbonyl (C=O) groups excluding carboxylic acids is 4. The average Bonchev–Trinajstić information content (AvgIpc) is 3.05. The molecule has 2 fully saturated rings. The number of nitrogens with zero attached hydrogens (tertiary/aromatic N) is 2. The number of aliphatic carboxylic acids is 1. The second-order valence-electron chi connectivity index (χ2n) is 9.14. The summed E-state index contributed by atoms with van der Waals surface area (Å²) in [6, 6.07) is 4.29. The fourth-order valence-electron chi connectivity index (χ4n) is 4.94. The number of carboxylic acid groups (broad SMARTS) is 1. The Kier molecular flexibility index (Phi) is 7.26. The number of amides is 4. The van der Waals surface area contributed by atoms with Crippen molar-refractivity contribution in [2.75, 3.05) is 25.0 Å². The van der Waals surface area contributed by atoms with Crippen LogP contribution in [0.25, 0.3) is 0 Å². The van der Waals surface area contributed by atoms with E-state index >= 15 is 0 Å². The van der Waals surface area contributed by atoms with Crippen LogP contribution < -0.4 is 10.6 Å². The number of likely N-dealkylation sites (tertiary alicyclic amines) is 1. The summed E-state index contributed by atoms with van der Waals surface area (Å²) in [6.07, 6.45) is 4.80. The highest BCUT2D eigenvalue weighted by atomic mass is 16.4. The number of hydrogen-bond donors (Lipinski definition) is 3. The van der Waals surface area contributed by atoms with E-state index in [1.54, 1.807) is 18.2 Å². The third-order valence-corrected chi connectivity index (χ3v) is 6.78. The smallest absolute Gasteiger partial charge is 0.303 e. The molecule has 4 amide bonds. The SMILES string of the molecule is O=C(O)CCCCCN1CCC(Nc2cccc3c2C(=O)N(C2CCC(=O)NC2=O)C3=O)CC1. The van der Waals surface area contributed by atoms with Crippen LogP contribution in [0, 0.1) is 0 Å². The van der Waals surface area contributed by atoms with E-state index in [0.717, 1.165) is 50.2 Å². The minimum absolute atomic E-state index is 0.0903. The van der Waals surface area contributed by atoms with Gasteiger partial charge in [-0.05, 0) is 50.8 Å². The van der Waals surface area contributed by atoms with Gasteiger partial charge in [0, 0.05) is 37.7 Å². The highest BCUT2D eigenvalue weighted by Crippen LogP contribution is 2.33. The fraction of sp³-hybridized carbons (Fsp3) is 0.542. The predicted molar refractivity (Wildman–Crippen MR) is 122 cm³/mol. The maximum atomic E-state index is 13.2. The number of piperidine rings is 2. The first-order chi connectivity index (χ1) is 16.3. The van der Waals surface area contributed by atoms with Crippen molar-refractivity contribution >= 4 is 35.3 Å². The van der Waals surface area contributed by atoms with Crippen molar-refractivity contribution in [1.82, 2.24) is 15.1 Å². The normalized spacial score (nSPS) is 21.5. The Balaban J connectivity index is 1.34. The summed E-state index contributed by atoms with van der Waals surface area (Å²) in [6.45, 7) is 2.75. The largest absolute Gasteiger partial charge is 0.481 e. The Labute approximate surface area is 197 Å². The zero-order valence-electron chi connectivity index (χ0n) is 19.0. The summed E-state index contributed by atoms with van der Waals surface area (Å²) in [7, 11) is 0. The lowest BCUT2D eigenvalue weighted by molar-refractivity contribution is -0.138. The lowest BCUT2D eigenvalue weighted by atomic mass is 10.0. The van der Waals surface area contributed by atoms with Crippen molar-refractivity contribution in [2.24, 2.45) is 0 Å². The van der Waals surface area contributed by atoms with E-state index in [9.17, 15) is 24.0 Å². The minimum atomic E-state index is -0.975. The fourth-order valence-corrected chi connectivity index (χ4v) is 4.94. The Morgan fingerprint density at radius 3 is 2.50 bits per heavy atom. The first-order valence-corrected chi connectivity index (χ1v) is 11.9. The molecule has 1 unspecified atom stereocenters. The molecule has 182 valence electrons. The topological polar surface area (TPSA) is 136 Å². The van der Waals surface area contributed by atoms with Crippen molar-refractivity contribution in [3.8, 4) is 0 Å². The predicted octanol–water partition coefficient (Wildman–Crippen LogP) is 1.61. The monoisotopic (exact) mass is 470 g/mol. The van der Waals surface area contributed by atoms with Crippen molar-refractivity contribution in [3.63, 3.8) is 0 Å². The van der Waals surface area contributed by atoms with Crippen LogP contribution in [0.3, 0.4) is 0 Å². The van der Waals surface area contributed by atoms with Gasteiger partial charge >= 0.3 is 5.97 Å². The summed E-state index contributed by atoms with van der Waals surface area (Å²) < 4.78 is 0. The van der Waals surface area contributed by atoms with Crippen molar-refractivity contribution in [2.45, 2.75) is 63.5 Å². The summed E-state index contributed by atoms with van der Waals surface area (Å²) in [5.41, 5.74) is 1.16. The first kappa shape index (κ1) is 23.9. The van der Waals surface area contributed by atoms with Crippen molar-refractivity contribution in [1.29, 1.82) is 0 Å². The summed E-state index contributed by atoms with van der Waals surface area (Å²) in [4.78, 5) is 63.9. The van der Waals surface area contributed by atoms with Gasteiger partial charge in [0.2, 0.25) is 11.8 Å². The second kappa shape index (κ2) is 10.3. The Morgan fingerprint density at radius 2 is 1.79 bits per heavy atom. The molecule has 0 saturated carbocycles. The summed E-state index contributed by atoms with van der Waals surface area (Å²) in [5, 5.41) is 14.4. The van der Waals surface area contributed by atoms with Crippen LogP contribution >= 0.6 is 0 Å². The summed E-state index contributed by atoms with van der Waals surface area (Å²) >= 11 is 0. The van der Waals surface area contributed by atoms with Crippen LogP contribution in [0.2, 0.25) is 0 Å². The average molecular weight is 471 g/mol. The number of nitrogens with one attached hydrogen (secondary N) is 2. The van der Waals surface area contributed by atoms with E-state index in [0.29, 0.717) is 12.1 Å². The van der Waals surface area contributed by atoms with Gasteiger partial charge in [-0.3, -0.25) is 34.2 Å². The minimum Gasteiger partial charge on any atom is -0.481 e. The molecule has 0 radical (unpaired) electrons. The van der Waals surface area contributed by atoms with Gasteiger partial charge in [-0.2, -0.15) is 0 Å². The van der Waals surface area contributed by atoms with Crippen LogP contribution in [0.15, 0.2) is 18.2 Å². The van der Waals surface area contributed by atoms with Gasteiger partial charge in [0.25, 0.3) is 11.8 Å². The number of rotatable bonds is 9. The molecule has 0 aromatic heterocycles. The highest BCUT2D eigenvalue weighted by Gasteiger charge is 2.45. The number of unbranched alkanes of at least 4 members (excludes halogenated alkanes) is 2. The van der Waals surface area contributed by atoms with E-state index < -0.39 is 35.6 Å². The number of carbonyl (C=O) groups is 5. The van der Waals surface area contributed by atoms with Crippen LogP contribution in [0.5, 0.6) is 0 Å². The number of fused-ring (bicyclic) bond motifs is 1. The molecular formula is C24H30N4O6. The third kappa shape index (κ3) is 5.11. The Morgan fingerprint density at radius 1 is 1.03 bits per heavy atom. The van der Waals surface area contributed by atoms with Gasteiger partial charge in [0.15, 0.2) is 0 Å². The maximum Gasteiger partial charge on any atom is 0.303 e. The molecule has 3 aliphatic rings. The first-order valence-electron chi connectivity index (χ1n) is 11.9. The van der Waals surface area contributed by atoms with E-state index in [1.165, 1.54) is 0 Å². The lowest BCUT2D eigenvalue weighted by Gasteiger charge is -2.33. The van der Waals surface area contributed by atoms with Crippen molar-refractivity contribution < 1.29 is 29.1 Å². The number of imide groups is 2. The number of benzene rings is 1. The molecule has 1 aromatic carbocycles. The van der Waals surface area contributed by atoms with Crippen LogP contribution in [0.1, 0.15) is 72.1 Å². The molecule has 0 spiro atoms. The number of anilines is 1. The van der Waals surface area contributed by atoms with Crippen molar-refractivity contribution in [3.05, 3.63) is 29.3 Å². The van der Waals surface area contributed by atoms with Crippen LogP contribution in [0.4, 0.5) is 5.69 Å². The molecule has 4 rings (SSSR count). The van der Waals surface area contributed by atoms with Gasteiger partial charge in [0.05, 0.1) is 11.1 Å². The molecular weight excluding hydrogens is 440 g/mol. The molecule has 1 aromatic rings. The molecule has 0 bridgehead atoms. The Hall–Kier alpha value is -3.27. The third-order valence-electron chi connectivity index (χ3n) is 6.78. The zero-order chi connectivity index (χ0) is 24.2. The molecule has 1 atom stereocenters. The molecule has 10 heteroatoms. The van der Waals surface area contributed by atoms with Gasteiger partial charge in [-0.25, -0.2) is 0 Å². The maximum absolute atomic E-state index is 13.2. The van der Waals surface area contributed by atoms with Gasteiger partial charge < -0.3 is 15.3 Å². The standard InChI is InChI=1S/C24H30N4O6/c29-19-9-8-18(22(32)26-19)28-23(33)16-5-4-6-17(21(16)24(28)34)25-15-10-13-27(14-11-15)12-3-1-2-7-20(30)31/h4-6,15,18,25H,1-3,7-14H2,(H,30,31)(H,26,29,32). The second-order valence-corrected chi connectivity index (χ2v) is 9.14. The Bertz CT molecular complexity index is 1000. The molecule has 10 nitrogen and oxygen atoms in total. The van der Waals surface area contributed by atoms with Crippen LogP contribution in [-0.2, 0) is 14.4 Å². The number of carboxylic acids is 1. The van der Waals surface area contributed by atoms with E-state index in [-0.39, 0.29) is 36.4 Å². The number of hydrogen-bond acceptors (Lipinski definition) is 7. The molecule has 2 saturated heterocycles. The van der Waals surface area contributed by atoms with E-state index in [4.69, 9.17) is 5.11 Å². The highest BCUT2D eigenvalue weighted by molar-refractivity contribution is 6.25. The molecule has 34 heavy (non-hydrogen) atoms. The molecule has 0 aliphatic carbocycles. The molecule has 3 heterocycles. The van der Waals surface area contributed by atoms with Gasteiger partial charge in [-0.15, -0.1) is 0 Å². The van der Waals surface area contributed by atoms with Gasteiger partial charge in [-0.1, -0.05) is 12.5 Å². The lowest BCUT2D eigenvalue weighted by Crippen LogP contribution is -2.54. The zero-order valence-corrected chi connectivity index (χ0v) is 19.0. The van der Waals surface area contributed by atoms with E-state index in [2.05, 4.69) is 15.5 Å². The quantitative estimate of drug-likeness (QED) is 0.366. The molecule has 3 aliphatic heterocycles. The summed E-state index contributed by atoms with van der Waals surface area (Å²) in [5.74, 6) is -2.77. The van der Waals surface area contributed by atoms with Gasteiger partial charge in [0.1, 0.15) is 6.04 Å².